The van der Waals surface area contributed by atoms with Crippen LogP contribution < -0.4 is 10.6 Å². The number of rotatable bonds is 6. The molecule has 0 spiro atoms. The Bertz CT molecular complexity index is 232. The first kappa shape index (κ1) is 12.8. The number of aliphatic carboxylic acids is 1. The molecule has 0 fully saturated rings. The number of hydrogen-bond acceptors (Lipinski definition) is 4. The minimum absolute atomic E-state index is 0.188. The van der Waals surface area contributed by atoms with Crippen molar-refractivity contribution in [3.8, 4) is 0 Å². The van der Waals surface area contributed by atoms with Crippen LogP contribution in [0, 0.1) is 0 Å². The molecule has 0 aliphatic carbocycles. The quantitative estimate of drug-likeness (QED) is 0.515. The van der Waals surface area contributed by atoms with E-state index in [1.165, 1.54) is 11.8 Å². The van der Waals surface area contributed by atoms with Crippen molar-refractivity contribution < 1.29 is 19.5 Å². The molecule has 0 aromatic carbocycles. The molecule has 0 aliphatic heterocycles. The summed E-state index contributed by atoms with van der Waals surface area (Å²) in [5.74, 6) is -1.59. The average Bonchev–Trinajstić information content (AvgIpc) is 2.12. The monoisotopic (exact) mass is 220 g/mol. The Morgan fingerprint density at radius 1 is 1.14 bits per heavy atom. The number of nitrogens with one attached hydrogen (secondary N) is 2. The third kappa shape index (κ3) is 7.41. The zero-order valence-corrected chi connectivity index (χ0v) is 8.52. The van der Waals surface area contributed by atoms with E-state index >= 15 is 0 Å². The predicted molar refractivity (Wildman–Crippen MR) is 52.0 cm³/mol. The van der Waals surface area contributed by atoms with Crippen molar-refractivity contribution in [2.45, 2.75) is 0 Å². The Morgan fingerprint density at radius 2 is 1.71 bits per heavy atom. The van der Waals surface area contributed by atoms with Gasteiger partial charge in [-0.3, -0.25) is 14.4 Å². The zero-order chi connectivity index (χ0) is 11.0. The van der Waals surface area contributed by atoms with E-state index in [1.54, 1.807) is 6.26 Å². The summed E-state index contributed by atoms with van der Waals surface area (Å²) >= 11 is 1.34. The van der Waals surface area contributed by atoms with E-state index in [-0.39, 0.29) is 18.2 Å². The van der Waals surface area contributed by atoms with Gasteiger partial charge >= 0.3 is 5.97 Å². The highest BCUT2D eigenvalue weighted by molar-refractivity contribution is 7.99. The maximum Gasteiger partial charge on any atom is 0.322 e. The molecule has 0 aliphatic rings. The third-order valence-electron chi connectivity index (χ3n) is 1.16. The lowest BCUT2D eigenvalue weighted by molar-refractivity contribution is -0.137. The van der Waals surface area contributed by atoms with E-state index in [0.717, 1.165) is 0 Å². The molecule has 0 radical (unpaired) electrons. The average molecular weight is 220 g/mol. The van der Waals surface area contributed by atoms with Gasteiger partial charge in [-0.25, -0.2) is 0 Å². The molecule has 0 bridgehead atoms. The summed E-state index contributed by atoms with van der Waals surface area (Å²) < 4.78 is 0. The fraction of sp³-hybridized carbons (Fsp3) is 0.571. The van der Waals surface area contributed by atoms with Crippen LogP contribution in [0.3, 0.4) is 0 Å². The van der Waals surface area contributed by atoms with Crippen molar-refractivity contribution in [3.05, 3.63) is 0 Å². The Balaban J connectivity index is 3.53. The van der Waals surface area contributed by atoms with Gasteiger partial charge in [0.2, 0.25) is 11.8 Å². The number of carboxylic acid groups (broad SMARTS) is 1. The smallest absolute Gasteiger partial charge is 0.322 e. The second-order valence-corrected chi connectivity index (χ2v) is 3.25. The minimum Gasteiger partial charge on any atom is -0.480 e. The van der Waals surface area contributed by atoms with Gasteiger partial charge in [0.05, 0.1) is 12.3 Å². The van der Waals surface area contributed by atoms with Crippen LogP contribution in [0.2, 0.25) is 0 Å². The Hall–Kier alpha value is -1.24. The summed E-state index contributed by atoms with van der Waals surface area (Å²) in [4.78, 5) is 31.8. The van der Waals surface area contributed by atoms with E-state index in [2.05, 4.69) is 10.6 Å². The fourth-order valence-corrected chi connectivity index (χ4v) is 0.962. The van der Waals surface area contributed by atoms with E-state index < -0.39 is 18.4 Å². The minimum atomic E-state index is -1.12. The van der Waals surface area contributed by atoms with Crippen LogP contribution in [0.15, 0.2) is 0 Å². The maximum absolute atomic E-state index is 10.9. The first-order valence-electron chi connectivity index (χ1n) is 3.80. The van der Waals surface area contributed by atoms with Gasteiger partial charge in [0.25, 0.3) is 0 Å². The number of carbonyl (C=O) groups is 3. The summed E-state index contributed by atoms with van der Waals surface area (Å²) in [6.45, 7) is -0.621. The van der Waals surface area contributed by atoms with Crippen molar-refractivity contribution in [2.24, 2.45) is 0 Å². The highest BCUT2D eigenvalue weighted by Crippen LogP contribution is 1.88. The Morgan fingerprint density at radius 3 is 2.21 bits per heavy atom. The summed E-state index contributed by atoms with van der Waals surface area (Å²) in [6, 6.07) is 0. The Kier molecular flexibility index (Phi) is 6.55. The van der Waals surface area contributed by atoms with Crippen molar-refractivity contribution in [2.75, 3.05) is 25.1 Å². The van der Waals surface area contributed by atoms with E-state index in [1.807, 2.05) is 0 Å². The Labute approximate surface area is 85.4 Å². The second kappa shape index (κ2) is 7.19. The lowest BCUT2D eigenvalue weighted by atomic mass is 10.5. The molecule has 3 N–H and O–H groups in total. The van der Waals surface area contributed by atoms with Gasteiger partial charge in [0, 0.05) is 0 Å². The van der Waals surface area contributed by atoms with Crippen molar-refractivity contribution in [1.82, 2.24) is 10.6 Å². The van der Waals surface area contributed by atoms with Crippen LogP contribution in [0.25, 0.3) is 0 Å². The summed E-state index contributed by atoms with van der Waals surface area (Å²) in [6.07, 6.45) is 1.77. The largest absolute Gasteiger partial charge is 0.480 e. The molecule has 2 amide bonds. The van der Waals surface area contributed by atoms with Gasteiger partial charge in [-0.1, -0.05) is 0 Å². The predicted octanol–water partition coefficient (Wildman–Crippen LogP) is -1.33. The van der Waals surface area contributed by atoms with Gasteiger partial charge in [0.15, 0.2) is 0 Å². The normalized spacial score (nSPS) is 9.21. The highest BCUT2D eigenvalue weighted by atomic mass is 32.2. The summed E-state index contributed by atoms with van der Waals surface area (Å²) in [5.41, 5.74) is 0. The lowest BCUT2D eigenvalue weighted by Crippen LogP contribution is -2.39. The van der Waals surface area contributed by atoms with Gasteiger partial charge in [0.1, 0.15) is 6.54 Å². The van der Waals surface area contributed by atoms with Gasteiger partial charge < -0.3 is 15.7 Å². The van der Waals surface area contributed by atoms with Gasteiger partial charge in [-0.05, 0) is 6.26 Å². The standard InChI is InChI=1S/C7H12N2O4S/c1-14-4-6(11)8-2-5(10)9-3-7(12)13/h2-4H2,1H3,(H,8,11)(H,9,10)(H,12,13). The number of carboxylic acids is 1. The molecule has 0 saturated heterocycles. The summed E-state index contributed by atoms with van der Waals surface area (Å²) in [7, 11) is 0. The number of hydrogen-bond donors (Lipinski definition) is 3. The molecule has 6 nitrogen and oxygen atoms in total. The molecule has 0 heterocycles. The van der Waals surface area contributed by atoms with Crippen LogP contribution in [0.1, 0.15) is 0 Å². The van der Waals surface area contributed by atoms with Crippen molar-refractivity contribution >= 4 is 29.5 Å². The molecular weight excluding hydrogens is 208 g/mol. The van der Waals surface area contributed by atoms with Gasteiger partial charge in [-0.15, -0.1) is 0 Å². The molecule has 0 atom stereocenters. The molecule has 0 rings (SSSR count). The topological polar surface area (TPSA) is 95.5 Å². The molecule has 0 aromatic heterocycles. The van der Waals surface area contributed by atoms with Crippen LogP contribution in [-0.4, -0.2) is 48.0 Å². The zero-order valence-electron chi connectivity index (χ0n) is 7.70. The number of carbonyl (C=O) groups excluding carboxylic acids is 2. The van der Waals surface area contributed by atoms with Crippen LogP contribution in [-0.2, 0) is 14.4 Å². The third-order valence-corrected chi connectivity index (χ3v) is 1.71. The molecule has 80 valence electrons. The van der Waals surface area contributed by atoms with Crippen molar-refractivity contribution in [1.29, 1.82) is 0 Å². The maximum atomic E-state index is 10.9. The summed E-state index contributed by atoms with van der Waals surface area (Å²) in [5, 5.41) is 12.7. The van der Waals surface area contributed by atoms with E-state index in [0.29, 0.717) is 0 Å². The van der Waals surface area contributed by atoms with Crippen molar-refractivity contribution in [3.63, 3.8) is 0 Å². The second-order valence-electron chi connectivity index (χ2n) is 2.38. The van der Waals surface area contributed by atoms with Crippen LogP contribution >= 0.6 is 11.8 Å². The number of thioether (sulfide) groups is 1. The molecule has 0 unspecified atom stereocenters. The lowest BCUT2D eigenvalue weighted by Gasteiger charge is -2.03. The van der Waals surface area contributed by atoms with Crippen LogP contribution in [0.4, 0.5) is 0 Å². The highest BCUT2D eigenvalue weighted by Gasteiger charge is 2.05. The molecule has 14 heavy (non-hydrogen) atoms. The molecule has 7 heteroatoms. The fourth-order valence-electron chi connectivity index (χ4n) is 0.598. The molecule has 0 aromatic rings. The van der Waals surface area contributed by atoms with E-state index in [9.17, 15) is 14.4 Å². The molecular formula is C7H12N2O4S. The van der Waals surface area contributed by atoms with Crippen LogP contribution in [0.5, 0.6) is 0 Å². The first-order valence-corrected chi connectivity index (χ1v) is 5.19. The SMILES string of the molecule is CSCC(=O)NCC(=O)NCC(=O)O. The van der Waals surface area contributed by atoms with E-state index in [4.69, 9.17) is 5.11 Å². The first-order chi connectivity index (χ1) is 6.56. The van der Waals surface area contributed by atoms with Gasteiger partial charge in [-0.2, -0.15) is 11.8 Å². The number of amides is 2. The molecule has 0 saturated carbocycles.